The van der Waals surface area contributed by atoms with Crippen molar-refractivity contribution in [3.05, 3.63) is 90.0 Å². The molecule has 0 aromatic heterocycles. The van der Waals surface area contributed by atoms with Gasteiger partial charge in [-0.25, -0.2) is 0 Å². The highest BCUT2D eigenvalue weighted by atomic mass is 35.5. The molecule has 7 heteroatoms. The molecule has 0 N–H and O–H groups in total. The Morgan fingerprint density at radius 3 is 1.94 bits per heavy atom. The molecule has 5 nitrogen and oxygen atoms in total. The maximum absolute atomic E-state index is 6.04. The standard InChI is InChI=1S/C29H36N2O3.2ClH/c1-32-28-15-7-5-10-25(28)12-9-17-30-18-20-31(21-19-30)22-23-33-24-26-11-6-8-16-29(26)34-27-13-3-2-4-14-27;;/h2-8,10-11,13-16H,9,12,17-24H2,1H3;2*1H. The molecule has 0 radical (unpaired) electrons. The van der Waals surface area contributed by atoms with Crippen LogP contribution in [0.5, 0.6) is 17.2 Å². The minimum absolute atomic E-state index is 0. The van der Waals surface area contributed by atoms with E-state index >= 15 is 0 Å². The number of hydrogen-bond donors (Lipinski definition) is 0. The first-order chi connectivity index (χ1) is 16.8. The van der Waals surface area contributed by atoms with E-state index in [-0.39, 0.29) is 24.8 Å². The van der Waals surface area contributed by atoms with Crippen LogP contribution in [0.4, 0.5) is 0 Å². The third-order valence-electron chi connectivity index (χ3n) is 6.33. The van der Waals surface area contributed by atoms with Crippen LogP contribution in [0.2, 0.25) is 0 Å². The summed E-state index contributed by atoms with van der Waals surface area (Å²) in [6.07, 6.45) is 2.22. The lowest BCUT2D eigenvalue weighted by atomic mass is 10.1. The van der Waals surface area contributed by atoms with Crippen molar-refractivity contribution in [1.82, 2.24) is 9.80 Å². The van der Waals surface area contributed by atoms with Gasteiger partial charge in [-0.3, -0.25) is 4.90 Å². The Hall–Kier alpha value is -2.28. The fourth-order valence-corrected chi connectivity index (χ4v) is 4.35. The second-order valence-electron chi connectivity index (χ2n) is 8.67. The molecule has 0 saturated carbocycles. The van der Waals surface area contributed by atoms with Crippen LogP contribution in [0.25, 0.3) is 0 Å². The summed E-state index contributed by atoms with van der Waals surface area (Å²) in [5, 5.41) is 0. The molecule has 3 aromatic rings. The number of methoxy groups -OCH3 is 1. The predicted molar refractivity (Wildman–Crippen MR) is 151 cm³/mol. The molecule has 0 atom stereocenters. The smallest absolute Gasteiger partial charge is 0.132 e. The van der Waals surface area contributed by atoms with Gasteiger partial charge in [-0.15, -0.1) is 24.8 Å². The Kier molecular flexibility index (Phi) is 13.7. The fourth-order valence-electron chi connectivity index (χ4n) is 4.35. The molecule has 0 bridgehead atoms. The normalized spacial score (nSPS) is 13.9. The van der Waals surface area contributed by atoms with Gasteiger partial charge in [0.2, 0.25) is 0 Å². The molecular formula is C29H38Cl2N2O3. The molecule has 196 valence electrons. The lowest BCUT2D eigenvalue weighted by Crippen LogP contribution is -2.47. The van der Waals surface area contributed by atoms with Crippen LogP contribution < -0.4 is 9.47 Å². The van der Waals surface area contributed by atoms with Crippen molar-refractivity contribution in [1.29, 1.82) is 0 Å². The van der Waals surface area contributed by atoms with E-state index in [1.807, 2.05) is 60.7 Å². The number of benzene rings is 3. The van der Waals surface area contributed by atoms with E-state index in [1.54, 1.807) is 7.11 Å². The Balaban J connectivity index is 0.00000228. The van der Waals surface area contributed by atoms with Crippen molar-refractivity contribution in [3.8, 4) is 17.2 Å². The fraction of sp³-hybridized carbons (Fsp3) is 0.379. The quantitative estimate of drug-likeness (QED) is 0.263. The van der Waals surface area contributed by atoms with E-state index < -0.39 is 0 Å². The van der Waals surface area contributed by atoms with Crippen LogP contribution in [-0.2, 0) is 17.8 Å². The number of nitrogens with zero attached hydrogens (tertiary/aromatic N) is 2. The molecule has 4 rings (SSSR count). The van der Waals surface area contributed by atoms with E-state index in [0.717, 1.165) is 81.5 Å². The first-order valence-corrected chi connectivity index (χ1v) is 12.3. The highest BCUT2D eigenvalue weighted by molar-refractivity contribution is 5.85. The molecule has 1 aliphatic rings. The maximum Gasteiger partial charge on any atom is 0.132 e. The predicted octanol–water partition coefficient (Wildman–Crippen LogP) is 6.10. The molecule has 1 saturated heterocycles. The average molecular weight is 534 g/mol. The summed E-state index contributed by atoms with van der Waals surface area (Å²) in [7, 11) is 1.75. The SMILES string of the molecule is COc1ccccc1CCCN1CCN(CCOCc2ccccc2Oc2ccccc2)CC1.Cl.Cl. The zero-order valence-electron chi connectivity index (χ0n) is 21.0. The highest BCUT2D eigenvalue weighted by Gasteiger charge is 2.16. The first kappa shape index (κ1) is 29.9. The second kappa shape index (κ2) is 16.5. The summed E-state index contributed by atoms with van der Waals surface area (Å²) in [4.78, 5) is 5.08. The van der Waals surface area contributed by atoms with E-state index in [0.29, 0.717) is 6.61 Å². The van der Waals surface area contributed by atoms with Gasteiger partial charge in [-0.05, 0) is 49.2 Å². The van der Waals surface area contributed by atoms with E-state index in [1.165, 1.54) is 5.56 Å². The minimum Gasteiger partial charge on any atom is -0.496 e. The van der Waals surface area contributed by atoms with Crippen LogP contribution in [0.15, 0.2) is 78.9 Å². The van der Waals surface area contributed by atoms with Gasteiger partial charge >= 0.3 is 0 Å². The molecule has 36 heavy (non-hydrogen) atoms. The number of piperazine rings is 1. The molecular weight excluding hydrogens is 495 g/mol. The summed E-state index contributed by atoms with van der Waals surface area (Å²) < 4.78 is 17.5. The van der Waals surface area contributed by atoms with Crippen molar-refractivity contribution in [2.24, 2.45) is 0 Å². The molecule has 0 amide bonds. The molecule has 0 aliphatic carbocycles. The van der Waals surface area contributed by atoms with Gasteiger partial charge in [0.15, 0.2) is 0 Å². The summed E-state index contributed by atoms with van der Waals surface area (Å²) in [6.45, 7) is 7.85. The summed E-state index contributed by atoms with van der Waals surface area (Å²) in [5.74, 6) is 2.70. The average Bonchev–Trinajstić information content (AvgIpc) is 2.89. The van der Waals surface area contributed by atoms with Crippen LogP contribution >= 0.6 is 24.8 Å². The Bertz CT molecular complexity index is 999. The first-order valence-electron chi connectivity index (χ1n) is 12.3. The lowest BCUT2D eigenvalue weighted by molar-refractivity contribution is 0.0676. The van der Waals surface area contributed by atoms with E-state index in [2.05, 4.69) is 28.0 Å². The van der Waals surface area contributed by atoms with Gasteiger partial charge in [0.25, 0.3) is 0 Å². The van der Waals surface area contributed by atoms with Crippen molar-refractivity contribution in [2.45, 2.75) is 19.4 Å². The van der Waals surface area contributed by atoms with Crippen LogP contribution in [0.1, 0.15) is 17.5 Å². The maximum atomic E-state index is 6.04. The second-order valence-corrected chi connectivity index (χ2v) is 8.67. The molecule has 0 spiro atoms. The lowest BCUT2D eigenvalue weighted by Gasteiger charge is -2.34. The van der Waals surface area contributed by atoms with Crippen molar-refractivity contribution < 1.29 is 14.2 Å². The van der Waals surface area contributed by atoms with Crippen molar-refractivity contribution in [3.63, 3.8) is 0 Å². The summed E-state index contributed by atoms with van der Waals surface area (Å²) in [5.41, 5.74) is 2.38. The summed E-state index contributed by atoms with van der Waals surface area (Å²) >= 11 is 0. The molecule has 1 fully saturated rings. The molecule has 1 aliphatic heterocycles. The van der Waals surface area contributed by atoms with Gasteiger partial charge in [0.1, 0.15) is 17.2 Å². The number of hydrogen-bond acceptors (Lipinski definition) is 5. The van der Waals surface area contributed by atoms with Gasteiger partial charge in [-0.1, -0.05) is 54.6 Å². The zero-order valence-corrected chi connectivity index (χ0v) is 22.6. The van der Waals surface area contributed by atoms with Gasteiger partial charge in [0.05, 0.1) is 20.3 Å². The summed E-state index contributed by atoms with van der Waals surface area (Å²) in [6, 6.07) is 26.3. The largest absolute Gasteiger partial charge is 0.496 e. The van der Waals surface area contributed by atoms with Crippen LogP contribution in [0.3, 0.4) is 0 Å². The van der Waals surface area contributed by atoms with Gasteiger partial charge < -0.3 is 19.1 Å². The number of rotatable bonds is 12. The third-order valence-corrected chi connectivity index (χ3v) is 6.33. The van der Waals surface area contributed by atoms with Crippen molar-refractivity contribution >= 4 is 24.8 Å². The number of halogens is 2. The Morgan fingerprint density at radius 1 is 0.667 bits per heavy atom. The number of ether oxygens (including phenoxy) is 3. The van der Waals surface area contributed by atoms with Gasteiger partial charge in [-0.2, -0.15) is 0 Å². The zero-order chi connectivity index (χ0) is 23.4. The Labute approximate surface area is 228 Å². The Morgan fingerprint density at radius 2 is 1.25 bits per heavy atom. The monoisotopic (exact) mass is 532 g/mol. The van der Waals surface area contributed by atoms with Gasteiger partial charge in [0, 0.05) is 38.3 Å². The minimum atomic E-state index is 0. The third kappa shape index (κ3) is 9.30. The van der Waals surface area contributed by atoms with E-state index in [9.17, 15) is 0 Å². The molecule has 3 aromatic carbocycles. The van der Waals surface area contributed by atoms with Crippen LogP contribution in [-0.4, -0.2) is 62.8 Å². The molecule has 1 heterocycles. The molecule has 0 unspecified atom stereocenters. The van der Waals surface area contributed by atoms with E-state index in [4.69, 9.17) is 14.2 Å². The highest BCUT2D eigenvalue weighted by Crippen LogP contribution is 2.25. The van der Waals surface area contributed by atoms with Crippen molar-refractivity contribution in [2.75, 3.05) is 53.0 Å². The van der Waals surface area contributed by atoms with Crippen LogP contribution in [0, 0.1) is 0 Å². The number of aryl methyl sites for hydroxylation is 1. The number of para-hydroxylation sites is 3. The topological polar surface area (TPSA) is 34.2 Å².